The van der Waals surface area contributed by atoms with E-state index in [1.807, 2.05) is 19.1 Å². The summed E-state index contributed by atoms with van der Waals surface area (Å²) in [6.07, 6.45) is 2.03. The number of nitrogens with one attached hydrogen (secondary N) is 1. The lowest BCUT2D eigenvalue weighted by atomic mass is 9.98. The maximum atomic E-state index is 11.7. The van der Waals surface area contributed by atoms with Gasteiger partial charge in [-0.25, -0.2) is 0 Å². The van der Waals surface area contributed by atoms with Crippen LogP contribution in [0.25, 0.3) is 22.4 Å². The summed E-state index contributed by atoms with van der Waals surface area (Å²) >= 11 is 6.27. The number of aryl methyl sites for hydroxylation is 1. The third kappa shape index (κ3) is 3.05. The molecule has 3 N–H and O–H groups in total. The molecule has 2 aromatic heterocycles. The van der Waals surface area contributed by atoms with E-state index in [-0.39, 0.29) is 11.1 Å². The Bertz CT molecular complexity index is 951. The second kappa shape index (κ2) is 6.08. The zero-order valence-corrected chi connectivity index (χ0v) is 15.3. The van der Waals surface area contributed by atoms with E-state index in [0.29, 0.717) is 16.6 Å². The van der Waals surface area contributed by atoms with Gasteiger partial charge in [-0.2, -0.15) is 0 Å². The molecule has 0 unspecified atom stereocenters. The highest BCUT2D eigenvalue weighted by Crippen LogP contribution is 2.41. The van der Waals surface area contributed by atoms with E-state index in [9.17, 15) is 14.4 Å². The summed E-state index contributed by atoms with van der Waals surface area (Å²) in [5.74, 6) is 0.542. The van der Waals surface area contributed by atoms with Gasteiger partial charge in [0.25, 0.3) is 0 Å². The number of fused-ring (bicyclic) bond motifs is 1. The van der Waals surface area contributed by atoms with Crippen LogP contribution in [0.1, 0.15) is 25.0 Å². The summed E-state index contributed by atoms with van der Waals surface area (Å²) in [6.45, 7) is 6.09. The van der Waals surface area contributed by atoms with Crippen molar-refractivity contribution < 1.29 is 18.8 Å². The monoisotopic (exact) mass is 367 g/mol. The minimum absolute atomic E-state index is 0.109. The molecule has 128 valence electrons. The lowest BCUT2D eigenvalue weighted by Crippen LogP contribution is -2.05. The summed E-state index contributed by atoms with van der Waals surface area (Å²) in [5, 5.41) is 1.50. The first-order chi connectivity index (χ1) is 11.2. The molecule has 7 heteroatoms. The van der Waals surface area contributed by atoms with E-state index in [1.165, 1.54) is 12.3 Å². The van der Waals surface area contributed by atoms with E-state index in [0.717, 1.165) is 28.5 Å². The molecule has 24 heavy (non-hydrogen) atoms. The highest BCUT2D eigenvalue weighted by molar-refractivity contribution is 7.60. The Morgan fingerprint density at radius 2 is 2.04 bits per heavy atom. The number of aromatic amines is 1. The lowest BCUT2D eigenvalue weighted by molar-refractivity contribution is 0.387. The molecule has 0 aliphatic heterocycles. The Morgan fingerprint density at radius 3 is 2.67 bits per heavy atom. The molecule has 0 amide bonds. The molecule has 0 saturated heterocycles. The van der Waals surface area contributed by atoms with Gasteiger partial charge >= 0.3 is 7.60 Å². The minimum Gasteiger partial charge on any atom is -0.462 e. The summed E-state index contributed by atoms with van der Waals surface area (Å²) < 4.78 is 17.2. The van der Waals surface area contributed by atoms with Crippen molar-refractivity contribution in [2.45, 2.75) is 27.2 Å². The maximum Gasteiger partial charge on any atom is 0.360 e. The van der Waals surface area contributed by atoms with Gasteiger partial charge in [0.2, 0.25) is 0 Å². The van der Waals surface area contributed by atoms with Gasteiger partial charge in [-0.3, -0.25) is 4.57 Å². The summed E-state index contributed by atoms with van der Waals surface area (Å²) in [6, 6.07) is 5.15. The van der Waals surface area contributed by atoms with Crippen molar-refractivity contribution in [3.8, 4) is 11.5 Å². The molecule has 1 aromatic carbocycles. The largest absolute Gasteiger partial charge is 0.462 e. The molecular formula is C17H19ClNO4P. The summed E-state index contributed by atoms with van der Waals surface area (Å²) in [5.41, 5.74) is 3.36. The van der Waals surface area contributed by atoms with Gasteiger partial charge in [-0.05, 0) is 48.6 Å². The van der Waals surface area contributed by atoms with Crippen LogP contribution in [0.5, 0.6) is 0 Å². The molecule has 3 rings (SSSR count). The van der Waals surface area contributed by atoms with E-state index >= 15 is 0 Å². The van der Waals surface area contributed by atoms with Gasteiger partial charge in [0.1, 0.15) is 5.30 Å². The van der Waals surface area contributed by atoms with Crippen LogP contribution in [0.15, 0.2) is 28.9 Å². The van der Waals surface area contributed by atoms with E-state index in [2.05, 4.69) is 18.8 Å². The first-order valence-electron chi connectivity index (χ1n) is 7.63. The Kier molecular flexibility index (Phi) is 4.39. The van der Waals surface area contributed by atoms with Crippen LogP contribution in [-0.2, 0) is 11.0 Å². The molecule has 2 heterocycles. The first-order valence-corrected chi connectivity index (χ1v) is 9.62. The minimum atomic E-state index is -4.43. The van der Waals surface area contributed by atoms with Crippen molar-refractivity contribution in [1.29, 1.82) is 0 Å². The molecular weight excluding hydrogens is 349 g/mol. The number of H-pyrrole nitrogens is 1. The third-order valence-corrected chi connectivity index (χ3v) is 5.37. The molecule has 0 atom stereocenters. The van der Waals surface area contributed by atoms with Crippen LogP contribution >= 0.6 is 19.2 Å². The second-order valence-electron chi connectivity index (χ2n) is 6.40. The fraction of sp³-hybridized carbons (Fsp3) is 0.294. The summed E-state index contributed by atoms with van der Waals surface area (Å²) in [7, 11) is -4.43. The van der Waals surface area contributed by atoms with Gasteiger partial charge in [0.05, 0.1) is 12.0 Å². The molecule has 0 fully saturated rings. The van der Waals surface area contributed by atoms with Gasteiger partial charge in [0, 0.05) is 15.9 Å². The number of furan rings is 1. The van der Waals surface area contributed by atoms with E-state index < -0.39 is 7.60 Å². The van der Waals surface area contributed by atoms with Crippen LogP contribution in [0, 0.1) is 12.8 Å². The van der Waals surface area contributed by atoms with Crippen LogP contribution < -0.4 is 5.30 Å². The molecule has 0 aliphatic rings. The predicted octanol–water partition coefficient (Wildman–Crippen LogP) is 4.39. The third-order valence-electron chi connectivity index (χ3n) is 3.98. The molecule has 5 nitrogen and oxygen atoms in total. The predicted molar refractivity (Wildman–Crippen MR) is 96.0 cm³/mol. The van der Waals surface area contributed by atoms with Crippen LogP contribution in [0.2, 0.25) is 5.02 Å². The summed E-state index contributed by atoms with van der Waals surface area (Å²) in [4.78, 5) is 22.4. The highest BCUT2D eigenvalue weighted by Gasteiger charge is 2.28. The molecule has 3 aromatic rings. The Morgan fingerprint density at radius 1 is 1.33 bits per heavy atom. The van der Waals surface area contributed by atoms with Crippen molar-refractivity contribution in [2.24, 2.45) is 5.92 Å². The smallest absolute Gasteiger partial charge is 0.360 e. The Hall–Kier alpha value is -1.52. The van der Waals surface area contributed by atoms with Crippen LogP contribution in [0.4, 0.5) is 0 Å². The van der Waals surface area contributed by atoms with Crippen molar-refractivity contribution in [3.05, 3.63) is 40.6 Å². The normalized spacial score (nSPS) is 12.5. The molecule has 0 saturated carbocycles. The van der Waals surface area contributed by atoms with Gasteiger partial charge < -0.3 is 19.2 Å². The van der Waals surface area contributed by atoms with Crippen LogP contribution in [-0.4, -0.2) is 14.8 Å². The SMILES string of the molecule is Cc1cc2[nH]c(-c3occc3P(=O)(O)O)c(CC(C)C)c2cc1Cl. The fourth-order valence-corrected chi connectivity index (χ4v) is 3.76. The van der Waals surface area contributed by atoms with Gasteiger partial charge in [-0.1, -0.05) is 25.4 Å². The fourth-order valence-electron chi connectivity index (χ4n) is 2.91. The number of rotatable bonds is 4. The maximum absolute atomic E-state index is 11.7. The lowest BCUT2D eigenvalue weighted by Gasteiger charge is -2.09. The quantitative estimate of drug-likeness (QED) is 0.597. The average Bonchev–Trinajstić information content (AvgIpc) is 3.05. The second-order valence-corrected chi connectivity index (χ2v) is 8.38. The Labute approximate surface area is 144 Å². The van der Waals surface area contributed by atoms with Crippen molar-refractivity contribution >= 4 is 35.4 Å². The van der Waals surface area contributed by atoms with Crippen molar-refractivity contribution in [3.63, 3.8) is 0 Å². The van der Waals surface area contributed by atoms with Gasteiger partial charge in [-0.15, -0.1) is 0 Å². The number of hydrogen-bond acceptors (Lipinski definition) is 2. The first kappa shape index (κ1) is 17.3. The van der Waals surface area contributed by atoms with Crippen LogP contribution in [0.3, 0.4) is 0 Å². The van der Waals surface area contributed by atoms with Crippen molar-refractivity contribution in [1.82, 2.24) is 4.98 Å². The number of hydrogen-bond donors (Lipinski definition) is 3. The van der Waals surface area contributed by atoms with Crippen molar-refractivity contribution in [2.75, 3.05) is 0 Å². The molecule has 0 spiro atoms. The molecule has 0 aliphatic carbocycles. The molecule has 0 radical (unpaired) electrons. The Balaban J connectivity index is 2.32. The highest BCUT2D eigenvalue weighted by atomic mass is 35.5. The number of aromatic nitrogens is 1. The van der Waals surface area contributed by atoms with E-state index in [1.54, 1.807) is 0 Å². The number of benzene rings is 1. The zero-order valence-electron chi connectivity index (χ0n) is 13.6. The topological polar surface area (TPSA) is 86.5 Å². The zero-order chi connectivity index (χ0) is 17.6. The standard InChI is InChI=1S/C17H19ClNO4P/c1-9(2)6-12-11-8-13(18)10(3)7-14(11)19-16(12)17-15(4-5-23-17)24(20,21)22/h4-5,7-9,19H,6H2,1-3H3,(H2,20,21,22). The van der Waals surface area contributed by atoms with E-state index in [4.69, 9.17) is 16.0 Å². The average molecular weight is 368 g/mol. The molecule has 0 bridgehead atoms. The van der Waals surface area contributed by atoms with Gasteiger partial charge in [0.15, 0.2) is 5.76 Å². The number of halogens is 1.